The van der Waals surface area contributed by atoms with Crippen LogP contribution < -0.4 is 16.1 Å². The highest BCUT2D eigenvalue weighted by atomic mass is 32.2. The van der Waals surface area contributed by atoms with Gasteiger partial charge in [0, 0.05) is 39.5 Å². The number of anilines is 1. The SMILES string of the molecule is CC1CN(c2nc3c(c(=O)n(C)c(=O)n3C)n2CCSc2nc3ccccc3s2)CC(C)O1. The van der Waals surface area contributed by atoms with Gasteiger partial charge in [0.25, 0.3) is 5.56 Å². The average Bonchev–Trinajstić information content (AvgIpc) is 3.37. The monoisotopic (exact) mass is 486 g/mol. The van der Waals surface area contributed by atoms with E-state index in [2.05, 4.69) is 11.0 Å². The Labute approximate surface area is 198 Å². The maximum atomic E-state index is 13.1. The number of benzene rings is 1. The predicted molar refractivity (Wildman–Crippen MR) is 133 cm³/mol. The van der Waals surface area contributed by atoms with Gasteiger partial charge in [-0.3, -0.25) is 13.9 Å². The fraction of sp³-hybridized carbons (Fsp3) is 0.455. The van der Waals surface area contributed by atoms with Crippen LogP contribution in [0.4, 0.5) is 5.95 Å². The van der Waals surface area contributed by atoms with Crippen molar-refractivity contribution in [3.8, 4) is 0 Å². The highest BCUT2D eigenvalue weighted by molar-refractivity contribution is 8.01. The molecule has 2 atom stereocenters. The van der Waals surface area contributed by atoms with E-state index in [-0.39, 0.29) is 23.5 Å². The zero-order valence-corrected chi connectivity index (χ0v) is 20.7. The van der Waals surface area contributed by atoms with Crippen LogP contribution in [0.2, 0.25) is 0 Å². The van der Waals surface area contributed by atoms with Gasteiger partial charge in [-0.15, -0.1) is 11.3 Å². The van der Waals surface area contributed by atoms with Gasteiger partial charge >= 0.3 is 5.69 Å². The van der Waals surface area contributed by atoms with Crippen molar-refractivity contribution in [3.05, 3.63) is 45.1 Å². The first-order chi connectivity index (χ1) is 15.8. The quantitative estimate of drug-likeness (QED) is 0.401. The third-order valence-electron chi connectivity index (χ3n) is 5.84. The maximum absolute atomic E-state index is 13.1. The molecule has 11 heteroatoms. The number of para-hydroxylation sites is 1. The van der Waals surface area contributed by atoms with Crippen molar-refractivity contribution in [1.29, 1.82) is 0 Å². The molecule has 2 unspecified atom stereocenters. The summed E-state index contributed by atoms with van der Waals surface area (Å²) in [5, 5.41) is 0. The number of hydrogen-bond donors (Lipinski definition) is 0. The van der Waals surface area contributed by atoms with E-state index in [9.17, 15) is 9.59 Å². The standard InChI is InChI=1S/C22H26N6O3S2/c1-13-11-27(12-14(2)31-13)20-24-18-17(19(29)26(4)22(30)25(18)3)28(20)9-10-32-21-23-15-7-5-6-8-16(15)33-21/h5-8,13-14H,9-12H2,1-4H3. The first kappa shape index (κ1) is 22.2. The Morgan fingerprint density at radius 3 is 2.55 bits per heavy atom. The normalized spacial score (nSPS) is 19.1. The molecule has 0 amide bonds. The van der Waals surface area contributed by atoms with Gasteiger partial charge in [-0.1, -0.05) is 23.9 Å². The van der Waals surface area contributed by atoms with Crippen molar-refractivity contribution < 1.29 is 4.74 Å². The number of rotatable bonds is 5. The molecule has 1 saturated heterocycles. The summed E-state index contributed by atoms with van der Waals surface area (Å²) in [6.07, 6.45) is 0.0941. The predicted octanol–water partition coefficient (Wildman–Crippen LogP) is 2.45. The second kappa shape index (κ2) is 8.62. The van der Waals surface area contributed by atoms with Crippen LogP contribution in [0.1, 0.15) is 13.8 Å². The van der Waals surface area contributed by atoms with Crippen molar-refractivity contribution in [2.45, 2.75) is 36.9 Å². The van der Waals surface area contributed by atoms with Gasteiger partial charge in [0.15, 0.2) is 15.5 Å². The van der Waals surface area contributed by atoms with E-state index in [1.54, 1.807) is 30.1 Å². The Hall–Kier alpha value is -2.63. The van der Waals surface area contributed by atoms with Crippen LogP contribution in [-0.4, -0.2) is 54.7 Å². The number of fused-ring (bicyclic) bond motifs is 2. The lowest BCUT2D eigenvalue weighted by Gasteiger charge is -2.36. The Balaban J connectivity index is 1.53. The summed E-state index contributed by atoms with van der Waals surface area (Å²) in [5.41, 5.74) is 1.16. The summed E-state index contributed by atoms with van der Waals surface area (Å²) in [6, 6.07) is 8.10. The summed E-state index contributed by atoms with van der Waals surface area (Å²) in [5.74, 6) is 1.43. The number of imidazole rings is 1. The number of thiazole rings is 1. The maximum Gasteiger partial charge on any atom is 0.332 e. The highest BCUT2D eigenvalue weighted by Crippen LogP contribution is 2.30. The van der Waals surface area contributed by atoms with Crippen LogP contribution in [-0.2, 0) is 25.4 Å². The molecule has 3 aromatic heterocycles. The van der Waals surface area contributed by atoms with Gasteiger partial charge in [0.2, 0.25) is 5.95 Å². The topological polar surface area (TPSA) is 87.2 Å². The molecule has 0 spiro atoms. The molecule has 0 radical (unpaired) electrons. The Morgan fingerprint density at radius 1 is 1.09 bits per heavy atom. The van der Waals surface area contributed by atoms with Gasteiger partial charge in [-0.05, 0) is 26.0 Å². The number of thioether (sulfide) groups is 1. The minimum absolute atomic E-state index is 0.0470. The average molecular weight is 487 g/mol. The van der Waals surface area contributed by atoms with Crippen LogP contribution in [0, 0.1) is 0 Å². The Kier molecular flexibility index (Phi) is 5.79. The van der Waals surface area contributed by atoms with Gasteiger partial charge in [0.05, 0.1) is 22.4 Å². The zero-order chi connectivity index (χ0) is 23.3. The molecule has 0 aliphatic carbocycles. The molecule has 0 bridgehead atoms. The lowest BCUT2D eigenvalue weighted by Crippen LogP contribution is -2.46. The lowest BCUT2D eigenvalue weighted by atomic mass is 10.2. The van der Waals surface area contributed by atoms with E-state index >= 15 is 0 Å². The minimum atomic E-state index is -0.378. The molecular formula is C22H26N6O3S2. The Morgan fingerprint density at radius 2 is 1.82 bits per heavy atom. The van der Waals surface area contributed by atoms with E-state index in [0.717, 1.165) is 24.9 Å². The molecule has 1 aliphatic rings. The van der Waals surface area contributed by atoms with E-state index < -0.39 is 0 Å². The zero-order valence-electron chi connectivity index (χ0n) is 19.0. The van der Waals surface area contributed by atoms with Gasteiger partial charge in [-0.2, -0.15) is 4.98 Å². The van der Waals surface area contributed by atoms with Crippen molar-refractivity contribution in [2.75, 3.05) is 23.7 Å². The van der Waals surface area contributed by atoms with Crippen molar-refractivity contribution in [2.24, 2.45) is 14.1 Å². The molecule has 1 aliphatic heterocycles. The summed E-state index contributed by atoms with van der Waals surface area (Å²) in [7, 11) is 3.17. The first-order valence-electron chi connectivity index (χ1n) is 10.9. The van der Waals surface area contributed by atoms with Crippen LogP contribution in [0.3, 0.4) is 0 Å². The second-order valence-electron chi connectivity index (χ2n) is 8.40. The molecule has 0 N–H and O–H groups in total. The number of morpholine rings is 1. The Bertz CT molecular complexity index is 1410. The van der Waals surface area contributed by atoms with Crippen LogP contribution in [0.15, 0.2) is 38.2 Å². The third kappa shape index (κ3) is 3.98. The van der Waals surface area contributed by atoms with E-state index in [1.165, 1.54) is 11.6 Å². The minimum Gasteiger partial charge on any atom is -0.372 e. The molecule has 0 saturated carbocycles. The molecule has 33 heavy (non-hydrogen) atoms. The van der Waals surface area contributed by atoms with E-state index in [1.807, 2.05) is 36.6 Å². The van der Waals surface area contributed by atoms with Gasteiger partial charge < -0.3 is 14.2 Å². The molecule has 4 heterocycles. The fourth-order valence-electron chi connectivity index (χ4n) is 4.37. The number of ether oxygens (including phenoxy) is 1. The van der Waals surface area contributed by atoms with Gasteiger partial charge in [0.1, 0.15) is 0 Å². The number of nitrogens with zero attached hydrogens (tertiary/aromatic N) is 6. The molecular weight excluding hydrogens is 460 g/mol. The number of aryl methyl sites for hydroxylation is 2. The van der Waals surface area contributed by atoms with Crippen molar-refractivity contribution >= 4 is 50.4 Å². The first-order valence-corrected chi connectivity index (χ1v) is 12.7. The number of hydrogen-bond acceptors (Lipinski definition) is 8. The van der Waals surface area contributed by atoms with E-state index in [0.29, 0.717) is 36.7 Å². The molecule has 1 aromatic carbocycles. The van der Waals surface area contributed by atoms with Crippen LogP contribution in [0.5, 0.6) is 0 Å². The summed E-state index contributed by atoms with van der Waals surface area (Å²) in [6.45, 7) is 5.99. The molecule has 5 rings (SSSR count). The van der Waals surface area contributed by atoms with E-state index in [4.69, 9.17) is 14.7 Å². The van der Waals surface area contributed by atoms with Crippen LogP contribution in [0.25, 0.3) is 21.4 Å². The van der Waals surface area contributed by atoms with Crippen molar-refractivity contribution in [1.82, 2.24) is 23.7 Å². The summed E-state index contributed by atoms with van der Waals surface area (Å²) in [4.78, 5) is 37.3. The smallest absolute Gasteiger partial charge is 0.332 e. The van der Waals surface area contributed by atoms with Crippen molar-refractivity contribution in [3.63, 3.8) is 0 Å². The molecule has 174 valence electrons. The van der Waals surface area contributed by atoms with Crippen LogP contribution >= 0.6 is 23.1 Å². The lowest BCUT2D eigenvalue weighted by molar-refractivity contribution is -0.00586. The molecule has 1 fully saturated rings. The summed E-state index contributed by atoms with van der Waals surface area (Å²) >= 11 is 3.33. The largest absolute Gasteiger partial charge is 0.372 e. The summed E-state index contributed by atoms with van der Waals surface area (Å²) < 4.78 is 12.6. The highest BCUT2D eigenvalue weighted by Gasteiger charge is 2.28. The molecule has 9 nitrogen and oxygen atoms in total. The molecule has 4 aromatic rings. The fourth-order valence-corrected chi connectivity index (χ4v) is 6.43. The third-order valence-corrected chi connectivity index (χ3v) is 8.00. The second-order valence-corrected chi connectivity index (χ2v) is 10.8. The van der Waals surface area contributed by atoms with Gasteiger partial charge in [-0.25, -0.2) is 9.78 Å². The number of aromatic nitrogens is 5.